The van der Waals surface area contributed by atoms with E-state index in [1.807, 2.05) is 24.3 Å². The van der Waals surface area contributed by atoms with Crippen molar-refractivity contribution in [3.05, 3.63) is 65.2 Å². The molecule has 0 radical (unpaired) electrons. The largest absolute Gasteiger partial charge is 0.491 e. The maximum Gasteiger partial charge on any atom is 0.416 e. The lowest BCUT2D eigenvalue weighted by molar-refractivity contribution is -0.137. The third-order valence-corrected chi connectivity index (χ3v) is 4.43. The molecule has 29 heavy (non-hydrogen) atoms. The number of aliphatic hydroxyl groups is 1. The molecule has 0 bridgehead atoms. The Morgan fingerprint density at radius 1 is 1.14 bits per heavy atom. The predicted molar refractivity (Wildman–Crippen MR) is 105 cm³/mol. The first-order valence-corrected chi connectivity index (χ1v) is 9.49. The van der Waals surface area contributed by atoms with E-state index >= 15 is 0 Å². The quantitative estimate of drug-likeness (QED) is 0.649. The van der Waals surface area contributed by atoms with Crippen molar-refractivity contribution in [2.45, 2.75) is 44.9 Å². The number of benzene rings is 2. The minimum atomic E-state index is -4.46. The first kappa shape index (κ1) is 22.7. The van der Waals surface area contributed by atoms with Crippen molar-refractivity contribution in [3.63, 3.8) is 0 Å². The average Bonchev–Trinajstić information content (AvgIpc) is 2.69. The van der Waals surface area contributed by atoms with Gasteiger partial charge in [0.2, 0.25) is 5.91 Å². The molecular weight excluding hydrogens is 383 g/mol. The van der Waals surface area contributed by atoms with E-state index in [9.17, 15) is 23.1 Å². The number of rotatable bonds is 9. The predicted octanol–water partition coefficient (Wildman–Crippen LogP) is 4.32. The zero-order chi connectivity index (χ0) is 21.4. The molecule has 0 aliphatic rings. The molecule has 2 N–H and O–H groups in total. The zero-order valence-electron chi connectivity index (χ0n) is 16.5. The second kappa shape index (κ2) is 10.3. The standard InChI is InChI=1S/C22H26F3NO3/c1-15(2)17-9-6-16(7-10-17)8-11-21(28)26-13-19(27)14-29-20-5-3-4-18(12-20)22(23,24)25/h3-7,9-10,12,15,19,27H,8,11,13-14H2,1-2H3,(H,26,28). The van der Waals surface area contributed by atoms with Gasteiger partial charge in [-0.15, -0.1) is 0 Å². The number of ether oxygens (including phenoxy) is 1. The van der Waals surface area contributed by atoms with Crippen molar-refractivity contribution in [3.8, 4) is 5.75 Å². The highest BCUT2D eigenvalue weighted by molar-refractivity contribution is 5.76. The fourth-order valence-electron chi connectivity index (χ4n) is 2.66. The summed E-state index contributed by atoms with van der Waals surface area (Å²) in [7, 11) is 0. The van der Waals surface area contributed by atoms with Crippen molar-refractivity contribution in [1.29, 1.82) is 0 Å². The second-order valence-corrected chi connectivity index (χ2v) is 7.19. The number of alkyl halides is 3. The van der Waals surface area contributed by atoms with Crippen molar-refractivity contribution in [1.82, 2.24) is 5.32 Å². The molecule has 2 aromatic rings. The van der Waals surface area contributed by atoms with E-state index in [1.165, 1.54) is 17.7 Å². The molecule has 0 aliphatic heterocycles. The number of aliphatic hydroxyl groups excluding tert-OH is 1. The highest BCUT2D eigenvalue weighted by Crippen LogP contribution is 2.31. The van der Waals surface area contributed by atoms with E-state index in [2.05, 4.69) is 19.2 Å². The van der Waals surface area contributed by atoms with Gasteiger partial charge >= 0.3 is 6.18 Å². The van der Waals surface area contributed by atoms with Crippen molar-refractivity contribution in [2.75, 3.05) is 13.2 Å². The lowest BCUT2D eigenvalue weighted by Gasteiger charge is -2.14. The molecule has 0 fully saturated rings. The van der Waals surface area contributed by atoms with Crippen LogP contribution in [0.4, 0.5) is 13.2 Å². The molecule has 0 heterocycles. The summed E-state index contributed by atoms with van der Waals surface area (Å²) in [4.78, 5) is 11.9. The Hall–Kier alpha value is -2.54. The van der Waals surface area contributed by atoms with Gasteiger partial charge in [-0.3, -0.25) is 4.79 Å². The van der Waals surface area contributed by atoms with E-state index in [0.29, 0.717) is 12.3 Å². The number of hydrogen-bond acceptors (Lipinski definition) is 3. The zero-order valence-corrected chi connectivity index (χ0v) is 16.5. The maximum atomic E-state index is 12.7. The number of halogens is 3. The Morgan fingerprint density at radius 2 is 1.83 bits per heavy atom. The molecule has 1 amide bonds. The van der Waals surface area contributed by atoms with E-state index in [0.717, 1.165) is 17.7 Å². The average molecular weight is 409 g/mol. The van der Waals surface area contributed by atoms with Gasteiger partial charge in [0.15, 0.2) is 0 Å². The molecule has 1 unspecified atom stereocenters. The third-order valence-electron chi connectivity index (χ3n) is 4.43. The van der Waals surface area contributed by atoms with Crippen molar-refractivity contribution >= 4 is 5.91 Å². The van der Waals surface area contributed by atoms with Gasteiger partial charge in [-0.2, -0.15) is 13.2 Å². The molecule has 0 spiro atoms. The van der Waals surface area contributed by atoms with Gasteiger partial charge in [-0.05, 0) is 41.7 Å². The summed E-state index contributed by atoms with van der Waals surface area (Å²) in [6, 6.07) is 12.5. The minimum absolute atomic E-state index is 0.00930. The number of carbonyl (C=O) groups is 1. The lowest BCUT2D eigenvalue weighted by Crippen LogP contribution is -2.35. The molecular formula is C22H26F3NO3. The number of nitrogens with one attached hydrogen (secondary N) is 1. The molecule has 2 aromatic carbocycles. The third kappa shape index (κ3) is 7.77. The van der Waals surface area contributed by atoms with Gasteiger partial charge in [0, 0.05) is 13.0 Å². The van der Waals surface area contributed by atoms with Crippen LogP contribution in [0.25, 0.3) is 0 Å². The number of carbonyl (C=O) groups excluding carboxylic acids is 1. The summed E-state index contributed by atoms with van der Waals surface area (Å²) in [5.74, 6) is 0.248. The van der Waals surface area contributed by atoms with Crippen molar-refractivity contribution in [2.24, 2.45) is 0 Å². The fraction of sp³-hybridized carbons (Fsp3) is 0.409. The van der Waals surface area contributed by atoms with Crippen LogP contribution < -0.4 is 10.1 Å². The molecule has 0 aromatic heterocycles. The maximum absolute atomic E-state index is 12.7. The highest BCUT2D eigenvalue weighted by Gasteiger charge is 2.30. The monoisotopic (exact) mass is 409 g/mol. The SMILES string of the molecule is CC(C)c1ccc(CCC(=O)NCC(O)COc2cccc(C(F)(F)F)c2)cc1. The van der Waals surface area contributed by atoms with E-state index in [4.69, 9.17) is 4.74 Å². The van der Waals surface area contributed by atoms with Crippen LogP contribution in [0.15, 0.2) is 48.5 Å². The summed E-state index contributed by atoms with van der Waals surface area (Å²) in [6.45, 7) is 3.97. The Balaban J connectivity index is 1.70. The number of amides is 1. The van der Waals surface area contributed by atoms with E-state index in [-0.39, 0.29) is 31.2 Å². The van der Waals surface area contributed by atoms with E-state index in [1.54, 1.807) is 0 Å². The van der Waals surface area contributed by atoms with Crippen LogP contribution in [0.5, 0.6) is 5.75 Å². The van der Waals surface area contributed by atoms with Gasteiger partial charge < -0.3 is 15.2 Å². The molecule has 4 nitrogen and oxygen atoms in total. The number of aryl methyl sites for hydroxylation is 1. The Labute approximate surface area is 168 Å². The van der Waals surface area contributed by atoms with Gasteiger partial charge in [0.05, 0.1) is 5.56 Å². The fourth-order valence-corrected chi connectivity index (χ4v) is 2.66. The van der Waals surface area contributed by atoms with Gasteiger partial charge in [0.25, 0.3) is 0 Å². The molecule has 158 valence electrons. The van der Waals surface area contributed by atoms with Crippen LogP contribution in [-0.4, -0.2) is 30.3 Å². The Kier molecular flexibility index (Phi) is 8.08. The summed E-state index contributed by atoms with van der Waals surface area (Å²) in [5.41, 5.74) is 1.47. The Bertz CT molecular complexity index is 789. The van der Waals surface area contributed by atoms with Crippen LogP contribution in [0.2, 0.25) is 0 Å². The molecule has 0 saturated carbocycles. The summed E-state index contributed by atoms with van der Waals surface area (Å²) < 4.78 is 43.2. The molecule has 0 saturated heterocycles. The normalized spacial score (nSPS) is 12.7. The first-order chi connectivity index (χ1) is 13.6. The molecule has 0 aliphatic carbocycles. The molecule has 2 rings (SSSR count). The van der Waals surface area contributed by atoms with Crippen LogP contribution in [-0.2, 0) is 17.4 Å². The molecule has 7 heteroatoms. The van der Waals surface area contributed by atoms with Gasteiger partial charge in [-0.1, -0.05) is 44.2 Å². The van der Waals surface area contributed by atoms with E-state index < -0.39 is 17.8 Å². The Morgan fingerprint density at radius 3 is 2.45 bits per heavy atom. The number of hydrogen-bond donors (Lipinski definition) is 2. The smallest absolute Gasteiger partial charge is 0.416 e. The second-order valence-electron chi connectivity index (χ2n) is 7.19. The molecule has 1 atom stereocenters. The van der Waals surface area contributed by atoms with Crippen LogP contribution in [0.3, 0.4) is 0 Å². The van der Waals surface area contributed by atoms with Crippen molar-refractivity contribution < 1.29 is 27.8 Å². The van der Waals surface area contributed by atoms with Gasteiger partial charge in [-0.25, -0.2) is 0 Å². The first-order valence-electron chi connectivity index (χ1n) is 9.49. The van der Waals surface area contributed by atoms with Crippen LogP contribution in [0, 0.1) is 0 Å². The summed E-state index contributed by atoms with van der Waals surface area (Å²) in [5, 5.41) is 12.5. The highest BCUT2D eigenvalue weighted by atomic mass is 19.4. The van der Waals surface area contributed by atoms with Crippen LogP contribution >= 0.6 is 0 Å². The minimum Gasteiger partial charge on any atom is -0.491 e. The van der Waals surface area contributed by atoms with Gasteiger partial charge in [0.1, 0.15) is 18.5 Å². The topological polar surface area (TPSA) is 58.6 Å². The lowest BCUT2D eigenvalue weighted by atomic mass is 10.0. The summed E-state index contributed by atoms with van der Waals surface area (Å²) in [6.07, 6.45) is -4.62. The van der Waals surface area contributed by atoms with Crippen LogP contribution in [0.1, 0.15) is 42.9 Å². The summed E-state index contributed by atoms with van der Waals surface area (Å²) >= 11 is 0.